The van der Waals surface area contributed by atoms with Crippen LogP contribution in [0.1, 0.15) is 52.1 Å². The molecule has 1 heterocycles. The molecule has 0 unspecified atom stereocenters. The number of aromatic hydroxyl groups is 1. The lowest BCUT2D eigenvalue weighted by Crippen LogP contribution is -2.13. The van der Waals surface area contributed by atoms with E-state index < -0.39 is 0 Å². The average molecular weight is 182 g/mol. The van der Waals surface area contributed by atoms with E-state index in [9.17, 15) is 5.11 Å². The molecule has 0 aliphatic heterocycles. The van der Waals surface area contributed by atoms with E-state index in [-0.39, 0.29) is 17.2 Å². The molecule has 0 amide bonds. The van der Waals surface area contributed by atoms with Gasteiger partial charge in [-0.05, 0) is 5.92 Å². The summed E-state index contributed by atoms with van der Waals surface area (Å²) in [6, 6.07) is 0. The number of rotatable bonds is 1. The van der Waals surface area contributed by atoms with Crippen LogP contribution in [0, 0.1) is 0 Å². The maximum Gasteiger partial charge on any atom is 0.232 e. The zero-order valence-electron chi connectivity index (χ0n) is 8.97. The van der Waals surface area contributed by atoms with Crippen LogP contribution in [0.3, 0.4) is 0 Å². The van der Waals surface area contributed by atoms with Crippen LogP contribution >= 0.6 is 0 Å². The van der Waals surface area contributed by atoms with Crippen molar-refractivity contribution in [3.8, 4) is 5.88 Å². The lowest BCUT2D eigenvalue weighted by molar-refractivity contribution is 0.441. The summed E-state index contributed by atoms with van der Waals surface area (Å²) in [5, 5.41) is 9.52. The molecule has 3 nitrogen and oxygen atoms in total. The molecule has 1 rings (SSSR count). The number of nitrogens with zero attached hydrogens (tertiary/aromatic N) is 1. The van der Waals surface area contributed by atoms with Gasteiger partial charge < -0.3 is 10.1 Å². The Hall–Kier alpha value is -0.990. The molecule has 0 saturated heterocycles. The van der Waals surface area contributed by atoms with Crippen LogP contribution in [0.5, 0.6) is 5.88 Å². The second-order valence-corrected chi connectivity index (χ2v) is 4.73. The van der Waals surface area contributed by atoms with Crippen LogP contribution in [0.4, 0.5) is 0 Å². The molecule has 0 bridgehead atoms. The van der Waals surface area contributed by atoms with Crippen molar-refractivity contribution < 1.29 is 5.11 Å². The zero-order valence-corrected chi connectivity index (χ0v) is 8.97. The van der Waals surface area contributed by atoms with Gasteiger partial charge in [-0.15, -0.1) is 0 Å². The molecule has 13 heavy (non-hydrogen) atoms. The topological polar surface area (TPSA) is 48.9 Å². The Morgan fingerprint density at radius 2 is 1.85 bits per heavy atom. The highest BCUT2D eigenvalue weighted by Crippen LogP contribution is 2.27. The van der Waals surface area contributed by atoms with Crippen molar-refractivity contribution in [3.63, 3.8) is 0 Å². The highest BCUT2D eigenvalue weighted by Gasteiger charge is 2.21. The fourth-order valence-corrected chi connectivity index (χ4v) is 1.14. The van der Waals surface area contributed by atoms with Crippen molar-refractivity contribution in [2.24, 2.45) is 0 Å². The molecular weight excluding hydrogens is 164 g/mol. The Bertz CT molecular complexity index is 294. The third kappa shape index (κ3) is 2.02. The second kappa shape index (κ2) is 3.05. The lowest BCUT2D eigenvalue weighted by atomic mass is 9.96. The summed E-state index contributed by atoms with van der Waals surface area (Å²) in [4.78, 5) is 7.26. The Morgan fingerprint density at radius 1 is 1.31 bits per heavy atom. The smallest absolute Gasteiger partial charge is 0.232 e. The number of aromatic nitrogens is 2. The second-order valence-electron chi connectivity index (χ2n) is 4.73. The Morgan fingerprint density at radius 3 is 2.08 bits per heavy atom. The van der Waals surface area contributed by atoms with Gasteiger partial charge in [0.1, 0.15) is 5.82 Å². The van der Waals surface area contributed by atoms with Crippen LogP contribution in [0.2, 0.25) is 0 Å². The molecule has 0 radical (unpaired) electrons. The summed E-state index contributed by atoms with van der Waals surface area (Å²) >= 11 is 0. The third-order valence-electron chi connectivity index (χ3n) is 2.00. The molecule has 1 aromatic rings. The minimum Gasteiger partial charge on any atom is -0.492 e. The number of H-pyrrole nitrogens is 1. The van der Waals surface area contributed by atoms with E-state index in [2.05, 4.69) is 30.7 Å². The van der Waals surface area contributed by atoms with Crippen LogP contribution in [-0.4, -0.2) is 15.1 Å². The maximum absolute atomic E-state index is 9.52. The van der Waals surface area contributed by atoms with Crippen molar-refractivity contribution >= 4 is 0 Å². The van der Waals surface area contributed by atoms with Gasteiger partial charge in [0.2, 0.25) is 5.88 Å². The minimum absolute atomic E-state index is 0.0371. The summed E-state index contributed by atoms with van der Waals surface area (Å²) in [7, 11) is 0. The maximum atomic E-state index is 9.52. The predicted octanol–water partition coefficient (Wildman–Crippen LogP) is 2.54. The van der Waals surface area contributed by atoms with Gasteiger partial charge in [-0.3, -0.25) is 0 Å². The normalized spacial score (nSPS) is 12.5. The minimum atomic E-state index is -0.0371. The van der Waals surface area contributed by atoms with Gasteiger partial charge in [0, 0.05) is 5.41 Å². The fraction of sp³-hybridized carbons (Fsp3) is 0.700. The molecule has 0 aliphatic carbocycles. The first-order chi connectivity index (χ1) is 5.82. The molecule has 3 heteroatoms. The molecule has 0 aromatic carbocycles. The molecule has 0 atom stereocenters. The summed E-state index contributed by atoms with van der Waals surface area (Å²) in [5.41, 5.74) is 0.787. The monoisotopic (exact) mass is 182 g/mol. The Labute approximate surface area is 79.2 Å². The van der Waals surface area contributed by atoms with Gasteiger partial charge in [-0.2, -0.15) is 4.98 Å². The molecule has 0 aliphatic rings. The van der Waals surface area contributed by atoms with E-state index in [4.69, 9.17) is 0 Å². The first-order valence-corrected chi connectivity index (χ1v) is 4.61. The van der Waals surface area contributed by atoms with E-state index in [1.54, 1.807) is 0 Å². The van der Waals surface area contributed by atoms with E-state index in [0.29, 0.717) is 0 Å². The Kier molecular flexibility index (Phi) is 2.37. The van der Waals surface area contributed by atoms with E-state index in [0.717, 1.165) is 11.5 Å². The van der Waals surface area contributed by atoms with Gasteiger partial charge in [-0.1, -0.05) is 34.6 Å². The van der Waals surface area contributed by atoms with Gasteiger partial charge >= 0.3 is 0 Å². The van der Waals surface area contributed by atoms with Crippen molar-refractivity contribution in [2.75, 3.05) is 0 Å². The molecule has 0 saturated carbocycles. The number of hydrogen-bond donors (Lipinski definition) is 2. The van der Waals surface area contributed by atoms with E-state index in [1.807, 2.05) is 13.8 Å². The van der Waals surface area contributed by atoms with Gasteiger partial charge in [0.25, 0.3) is 0 Å². The molecular formula is C10H18N2O. The van der Waals surface area contributed by atoms with Crippen LogP contribution in [0.15, 0.2) is 0 Å². The van der Waals surface area contributed by atoms with Crippen molar-refractivity contribution in [2.45, 2.75) is 46.0 Å². The van der Waals surface area contributed by atoms with Crippen LogP contribution in [-0.2, 0) is 5.41 Å². The highest BCUT2D eigenvalue weighted by molar-refractivity contribution is 5.24. The van der Waals surface area contributed by atoms with E-state index in [1.165, 1.54) is 0 Å². The summed E-state index contributed by atoms with van der Waals surface area (Å²) in [6.45, 7) is 10.2. The van der Waals surface area contributed by atoms with Crippen molar-refractivity contribution in [1.29, 1.82) is 0 Å². The quantitative estimate of drug-likeness (QED) is 0.701. The van der Waals surface area contributed by atoms with Crippen molar-refractivity contribution in [1.82, 2.24) is 9.97 Å². The van der Waals surface area contributed by atoms with Gasteiger partial charge in [-0.25, -0.2) is 0 Å². The number of imidazole rings is 1. The molecule has 1 aromatic heterocycles. The van der Waals surface area contributed by atoms with E-state index >= 15 is 0 Å². The summed E-state index contributed by atoms with van der Waals surface area (Å²) in [5.74, 6) is 1.26. The van der Waals surface area contributed by atoms with Gasteiger partial charge in [0.15, 0.2) is 0 Å². The average Bonchev–Trinajstić information content (AvgIpc) is 2.29. The Balaban J connectivity index is 3.10. The molecule has 0 spiro atoms. The lowest BCUT2D eigenvalue weighted by Gasteiger charge is -2.14. The highest BCUT2D eigenvalue weighted by atomic mass is 16.3. The SMILES string of the molecule is CC(C)c1[nH]c(C(C)(C)C)nc1O. The summed E-state index contributed by atoms with van der Waals surface area (Å²) < 4.78 is 0. The number of nitrogens with one attached hydrogen (secondary N) is 1. The zero-order chi connectivity index (χ0) is 10.2. The molecule has 2 N–H and O–H groups in total. The van der Waals surface area contributed by atoms with Crippen molar-refractivity contribution in [3.05, 3.63) is 11.5 Å². The standard InChI is InChI=1S/C10H18N2O/c1-6(2)7-8(13)12-9(11-7)10(3,4)5/h6,13H,1-5H3,(H,11,12). The number of hydrogen-bond acceptors (Lipinski definition) is 2. The number of aromatic amines is 1. The van der Waals surface area contributed by atoms with Crippen LogP contribution < -0.4 is 0 Å². The summed E-state index contributed by atoms with van der Waals surface area (Å²) in [6.07, 6.45) is 0. The first-order valence-electron chi connectivity index (χ1n) is 4.61. The third-order valence-corrected chi connectivity index (χ3v) is 2.00. The predicted molar refractivity (Wildman–Crippen MR) is 53.0 cm³/mol. The molecule has 0 fully saturated rings. The first kappa shape index (κ1) is 10.1. The van der Waals surface area contributed by atoms with Crippen LogP contribution in [0.25, 0.3) is 0 Å². The fourth-order valence-electron chi connectivity index (χ4n) is 1.14. The largest absolute Gasteiger partial charge is 0.492 e. The van der Waals surface area contributed by atoms with Gasteiger partial charge in [0.05, 0.1) is 5.69 Å². The molecule has 74 valence electrons.